The second-order valence-electron chi connectivity index (χ2n) is 5.48. The number of allylic oxidation sites excluding steroid dienone is 2. The molecule has 1 aromatic carbocycles. The summed E-state index contributed by atoms with van der Waals surface area (Å²) in [5.41, 5.74) is 4.53. The highest BCUT2D eigenvalue weighted by molar-refractivity contribution is 5.88. The van der Waals surface area contributed by atoms with E-state index in [1.807, 2.05) is 6.92 Å². The van der Waals surface area contributed by atoms with Gasteiger partial charge < -0.3 is 5.41 Å². The van der Waals surface area contributed by atoms with Gasteiger partial charge >= 0.3 is 0 Å². The SMILES string of the molecule is CC1=c2ccc(/C(C)=C(/C)C=N)cc2=NC1(C)C. The third-order valence-corrected chi connectivity index (χ3v) is 3.96. The molecular formula is C16H20N2. The standard InChI is InChI=1S/C16H20N2/c1-10(9-17)11(2)13-6-7-14-12(3)16(4,5)18-15(14)8-13/h6-9,17H,1-5H3/b11-10-,17-9?. The van der Waals surface area contributed by atoms with Crippen molar-refractivity contribution in [3.05, 3.63) is 39.9 Å². The van der Waals surface area contributed by atoms with Crippen molar-refractivity contribution in [2.45, 2.75) is 40.2 Å². The molecule has 0 aromatic heterocycles. The Morgan fingerprint density at radius 3 is 2.56 bits per heavy atom. The average Bonchev–Trinajstić information content (AvgIpc) is 2.57. The molecule has 0 spiro atoms. The predicted octanol–water partition coefficient (Wildman–Crippen LogP) is 2.71. The van der Waals surface area contributed by atoms with Gasteiger partial charge in [-0.25, -0.2) is 0 Å². The van der Waals surface area contributed by atoms with Crippen LogP contribution in [0.5, 0.6) is 0 Å². The lowest BCUT2D eigenvalue weighted by molar-refractivity contribution is 0.667. The lowest BCUT2D eigenvalue weighted by Crippen LogP contribution is -2.23. The van der Waals surface area contributed by atoms with Gasteiger partial charge in [-0.2, -0.15) is 0 Å². The van der Waals surface area contributed by atoms with Crippen molar-refractivity contribution in [1.29, 1.82) is 5.41 Å². The van der Waals surface area contributed by atoms with E-state index in [0.717, 1.165) is 22.1 Å². The number of nitrogens with zero attached hydrogens (tertiary/aromatic N) is 1. The lowest BCUT2D eigenvalue weighted by atomic mass is 9.96. The van der Waals surface area contributed by atoms with Crippen LogP contribution in [-0.4, -0.2) is 11.8 Å². The Morgan fingerprint density at radius 2 is 1.94 bits per heavy atom. The van der Waals surface area contributed by atoms with Crippen molar-refractivity contribution in [3.63, 3.8) is 0 Å². The zero-order valence-electron chi connectivity index (χ0n) is 11.8. The summed E-state index contributed by atoms with van der Waals surface area (Å²) >= 11 is 0. The maximum Gasteiger partial charge on any atom is 0.0774 e. The van der Waals surface area contributed by atoms with Gasteiger partial charge in [0.25, 0.3) is 0 Å². The Balaban J connectivity index is 2.68. The number of hydrogen-bond donors (Lipinski definition) is 1. The quantitative estimate of drug-likeness (QED) is 0.772. The first kappa shape index (κ1) is 12.7. The van der Waals surface area contributed by atoms with Crippen molar-refractivity contribution in [2.75, 3.05) is 0 Å². The smallest absolute Gasteiger partial charge is 0.0774 e. The monoisotopic (exact) mass is 240 g/mol. The summed E-state index contributed by atoms with van der Waals surface area (Å²) in [7, 11) is 0. The predicted molar refractivity (Wildman–Crippen MR) is 77.4 cm³/mol. The van der Waals surface area contributed by atoms with E-state index in [0.29, 0.717) is 0 Å². The first-order valence-corrected chi connectivity index (χ1v) is 6.26. The van der Waals surface area contributed by atoms with Crippen LogP contribution in [0.2, 0.25) is 0 Å². The van der Waals surface area contributed by atoms with Gasteiger partial charge in [0, 0.05) is 11.4 Å². The first-order valence-electron chi connectivity index (χ1n) is 6.26. The van der Waals surface area contributed by atoms with E-state index >= 15 is 0 Å². The van der Waals surface area contributed by atoms with E-state index < -0.39 is 0 Å². The van der Waals surface area contributed by atoms with Gasteiger partial charge in [0.1, 0.15) is 0 Å². The summed E-state index contributed by atoms with van der Waals surface area (Å²) in [6.07, 6.45) is 1.40. The van der Waals surface area contributed by atoms with E-state index in [2.05, 4.69) is 45.9 Å². The second-order valence-corrected chi connectivity index (χ2v) is 5.48. The van der Waals surface area contributed by atoms with Gasteiger partial charge in [0.15, 0.2) is 0 Å². The van der Waals surface area contributed by atoms with Gasteiger partial charge in [0.05, 0.1) is 10.9 Å². The number of nitrogens with one attached hydrogen (secondary N) is 1. The lowest BCUT2D eigenvalue weighted by Gasteiger charge is -2.15. The van der Waals surface area contributed by atoms with E-state index in [4.69, 9.17) is 10.4 Å². The van der Waals surface area contributed by atoms with Crippen molar-refractivity contribution in [3.8, 4) is 0 Å². The van der Waals surface area contributed by atoms with Gasteiger partial charge in [-0.1, -0.05) is 12.1 Å². The molecule has 0 saturated carbocycles. The maximum absolute atomic E-state index is 7.33. The normalized spacial score (nSPS) is 17.9. The van der Waals surface area contributed by atoms with Gasteiger partial charge in [-0.15, -0.1) is 0 Å². The Morgan fingerprint density at radius 1 is 1.28 bits per heavy atom. The molecule has 0 radical (unpaired) electrons. The Labute approximate surface area is 108 Å². The minimum atomic E-state index is -0.0881. The summed E-state index contributed by atoms with van der Waals surface area (Å²) in [6.45, 7) is 10.5. The average molecular weight is 240 g/mol. The molecule has 18 heavy (non-hydrogen) atoms. The van der Waals surface area contributed by atoms with Crippen LogP contribution in [0.4, 0.5) is 0 Å². The zero-order chi connectivity index (χ0) is 13.5. The minimum absolute atomic E-state index is 0.0881. The summed E-state index contributed by atoms with van der Waals surface area (Å²) < 4.78 is 0. The molecule has 0 bridgehead atoms. The Kier molecular flexibility index (Phi) is 2.97. The van der Waals surface area contributed by atoms with Crippen LogP contribution < -0.4 is 10.6 Å². The van der Waals surface area contributed by atoms with Gasteiger partial charge in [-0.3, -0.25) is 4.99 Å². The van der Waals surface area contributed by atoms with Crippen LogP contribution >= 0.6 is 0 Å². The van der Waals surface area contributed by atoms with Crippen molar-refractivity contribution in [1.82, 2.24) is 0 Å². The van der Waals surface area contributed by atoms with E-state index in [1.165, 1.54) is 17.0 Å². The molecule has 1 N–H and O–H groups in total. The van der Waals surface area contributed by atoms with Crippen LogP contribution in [0.25, 0.3) is 11.1 Å². The van der Waals surface area contributed by atoms with E-state index in [9.17, 15) is 0 Å². The van der Waals surface area contributed by atoms with Crippen LogP contribution in [0.1, 0.15) is 40.2 Å². The second kappa shape index (κ2) is 4.20. The van der Waals surface area contributed by atoms with E-state index in [1.54, 1.807) is 0 Å². The molecular weight excluding hydrogens is 220 g/mol. The summed E-state index contributed by atoms with van der Waals surface area (Å²) in [6, 6.07) is 6.41. The fourth-order valence-electron chi connectivity index (χ4n) is 2.22. The molecule has 0 amide bonds. The van der Waals surface area contributed by atoms with Crippen molar-refractivity contribution < 1.29 is 0 Å². The summed E-state index contributed by atoms with van der Waals surface area (Å²) in [5, 5.41) is 9.66. The largest absolute Gasteiger partial charge is 0.308 e. The third-order valence-electron chi connectivity index (χ3n) is 3.96. The topological polar surface area (TPSA) is 36.2 Å². The summed E-state index contributed by atoms with van der Waals surface area (Å²) in [5.74, 6) is 0. The van der Waals surface area contributed by atoms with Crippen molar-refractivity contribution in [2.24, 2.45) is 4.99 Å². The molecule has 2 heteroatoms. The summed E-state index contributed by atoms with van der Waals surface area (Å²) in [4.78, 5) is 4.78. The molecule has 2 rings (SSSR count). The fourth-order valence-corrected chi connectivity index (χ4v) is 2.22. The van der Waals surface area contributed by atoms with E-state index in [-0.39, 0.29) is 5.54 Å². The highest BCUT2D eigenvalue weighted by atomic mass is 14.9. The van der Waals surface area contributed by atoms with Crippen LogP contribution in [0.15, 0.2) is 28.8 Å². The number of benzene rings is 1. The molecule has 94 valence electrons. The maximum atomic E-state index is 7.33. The molecule has 1 aliphatic heterocycles. The van der Waals surface area contributed by atoms with Crippen LogP contribution in [0, 0.1) is 5.41 Å². The molecule has 0 fully saturated rings. The number of fused-ring (bicyclic) bond motifs is 1. The number of hydrogen-bond acceptors (Lipinski definition) is 2. The van der Waals surface area contributed by atoms with Crippen LogP contribution in [0.3, 0.4) is 0 Å². The highest BCUT2D eigenvalue weighted by Gasteiger charge is 2.23. The first-order chi connectivity index (χ1) is 8.36. The molecule has 0 saturated heterocycles. The van der Waals surface area contributed by atoms with Crippen molar-refractivity contribution >= 4 is 17.4 Å². The highest BCUT2D eigenvalue weighted by Crippen LogP contribution is 2.22. The zero-order valence-corrected chi connectivity index (χ0v) is 11.8. The molecule has 1 aromatic rings. The molecule has 2 nitrogen and oxygen atoms in total. The Bertz CT molecular complexity index is 661. The van der Waals surface area contributed by atoms with Crippen LogP contribution in [-0.2, 0) is 0 Å². The minimum Gasteiger partial charge on any atom is -0.308 e. The molecule has 1 aliphatic rings. The molecule has 0 aliphatic carbocycles. The Hall–Kier alpha value is -1.70. The number of rotatable bonds is 2. The van der Waals surface area contributed by atoms with Gasteiger partial charge in [-0.05, 0) is 63.0 Å². The third kappa shape index (κ3) is 1.92. The fraction of sp³-hybridized carbons (Fsp3) is 0.375. The molecule has 0 unspecified atom stereocenters. The molecule has 1 heterocycles. The van der Waals surface area contributed by atoms with Gasteiger partial charge in [0.2, 0.25) is 0 Å². The molecule has 0 atom stereocenters.